The second-order valence-corrected chi connectivity index (χ2v) is 7.49. The Labute approximate surface area is 127 Å². The van der Waals surface area contributed by atoms with Crippen molar-refractivity contribution in [3.63, 3.8) is 0 Å². The highest BCUT2D eigenvalue weighted by atomic mass is 32.2. The van der Waals surface area contributed by atoms with Crippen molar-refractivity contribution in [1.29, 1.82) is 0 Å². The third-order valence-electron chi connectivity index (χ3n) is 2.40. The molecule has 0 saturated heterocycles. The molecule has 0 unspecified atom stereocenters. The number of aromatic nitrogens is 1. The lowest BCUT2D eigenvalue weighted by Crippen LogP contribution is -2.25. The lowest BCUT2D eigenvalue weighted by molar-refractivity contribution is -0.133. The van der Waals surface area contributed by atoms with Crippen molar-refractivity contribution in [2.75, 3.05) is 18.1 Å². The summed E-state index contributed by atoms with van der Waals surface area (Å²) in [6.45, 7) is 8.49. The summed E-state index contributed by atoms with van der Waals surface area (Å²) in [5.74, 6) is -0.327. The van der Waals surface area contributed by atoms with Crippen molar-refractivity contribution in [3.8, 4) is 0 Å². The fourth-order valence-corrected chi connectivity index (χ4v) is 3.01. The summed E-state index contributed by atoms with van der Waals surface area (Å²) in [5.41, 5.74) is 0.682. The van der Waals surface area contributed by atoms with Crippen LogP contribution in [0.15, 0.2) is 0 Å². The number of amides is 1. The predicted octanol–water partition coefficient (Wildman–Crippen LogP) is 2.30. The molecule has 7 heteroatoms. The normalized spacial score (nSPS) is 11.4. The van der Waals surface area contributed by atoms with Crippen LogP contribution in [0.25, 0.3) is 0 Å². The highest BCUT2D eigenvalue weighted by Gasteiger charge is 2.22. The van der Waals surface area contributed by atoms with Gasteiger partial charge in [0.05, 0.1) is 16.5 Å². The first-order valence-electron chi connectivity index (χ1n) is 6.27. The summed E-state index contributed by atoms with van der Waals surface area (Å²) in [4.78, 5) is 27.5. The fraction of sp³-hybridized carbons (Fsp3) is 0.615. The minimum Gasteiger partial charge on any atom is -0.481 e. The standard InChI is InChI=1S/C13H20N2O3S2/c1-8-10(20-12(15-8)13(2,3)4)11(18)14-5-6-19-7-9(16)17/h5-7H2,1-4H3,(H,14,18)(H,16,17). The van der Waals surface area contributed by atoms with Crippen LogP contribution in [0.4, 0.5) is 0 Å². The number of thiazole rings is 1. The van der Waals surface area contributed by atoms with Gasteiger partial charge in [0.1, 0.15) is 4.88 Å². The molecule has 0 bridgehead atoms. The van der Waals surface area contributed by atoms with E-state index in [1.54, 1.807) is 0 Å². The van der Waals surface area contributed by atoms with Gasteiger partial charge in [-0.3, -0.25) is 9.59 Å². The summed E-state index contributed by atoms with van der Waals surface area (Å²) in [6, 6.07) is 0. The molecule has 1 heterocycles. The van der Waals surface area contributed by atoms with Crippen LogP contribution in [-0.4, -0.2) is 40.0 Å². The Balaban J connectivity index is 2.52. The van der Waals surface area contributed by atoms with Gasteiger partial charge >= 0.3 is 5.97 Å². The highest BCUT2D eigenvalue weighted by molar-refractivity contribution is 7.99. The molecule has 1 aromatic heterocycles. The third kappa shape index (κ3) is 5.13. The van der Waals surface area contributed by atoms with Gasteiger partial charge in [0, 0.05) is 17.7 Å². The lowest BCUT2D eigenvalue weighted by atomic mass is 9.98. The van der Waals surface area contributed by atoms with E-state index in [0.29, 0.717) is 17.2 Å². The first-order valence-corrected chi connectivity index (χ1v) is 8.24. The molecule has 112 valence electrons. The summed E-state index contributed by atoms with van der Waals surface area (Å²) < 4.78 is 0. The lowest BCUT2D eigenvalue weighted by Gasteiger charge is -2.13. The van der Waals surface area contributed by atoms with Crippen molar-refractivity contribution in [1.82, 2.24) is 10.3 Å². The number of hydrogen-bond acceptors (Lipinski definition) is 5. The van der Waals surface area contributed by atoms with Crippen molar-refractivity contribution >= 4 is 35.0 Å². The molecule has 0 atom stereocenters. The first-order chi connectivity index (χ1) is 9.21. The molecule has 0 radical (unpaired) electrons. The maximum atomic E-state index is 12.0. The van der Waals surface area contributed by atoms with Crippen molar-refractivity contribution < 1.29 is 14.7 Å². The quantitative estimate of drug-likeness (QED) is 0.787. The van der Waals surface area contributed by atoms with Gasteiger partial charge in [-0.2, -0.15) is 0 Å². The molecule has 0 aliphatic rings. The van der Waals surface area contributed by atoms with Crippen LogP contribution in [0, 0.1) is 6.92 Å². The molecule has 1 amide bonds. The molecule has 0 aliphatic carbocycles. The predicted molar refractivity (Wildman–Crippen MR) is 82.8 cm³/mol. The molecule has 2 N–H and O–H groups in total. The minimum atomic E-state index is -0.838. The molecule has 1 aromatic rings. The van der Waals surface area contributed by atoms with Gasteiger partial charge in [-0.25, -0.2) is 4.98 Å². The van der Waals surface area contributed by atoms with E-state index >= 15 is 0 Å². The minimum absolute atomic E-state index is 0.0592. The van der Waals surface area contributed by atoms with Crippen LogP contribution in [-0.2, 0) is 10.2 Å². The van der Waals surface area contributed by atoms with Gasteiger partial charge in [-0.05, 0) is 6.92 Å². The monoisotopic (exact) mass is 316 g/mol. The van der Waals surface area contributed by atoms with Crippen LogP contribution < -0.4 is 5.32 Å². The van der Waals surface area contributed by atoms with Gasteiger partial charge in [-0.1, -0.05) is 20.8 Å². The average Bonchev–Trinajstić information content (AvgIpc) is 2.70. The topological polar surface area (TPSA) is 79.3 Å². The SMILES string of the molecule is Cc1nc(C(C)(C)C)sc1C(=O)NCCSCC(=O)O. The Morgan fingerprint density at radius 2 is 2.05 bits per heavy atom. The maximum Gasteiger partial charge on any atom is 0.313 e. The number of rotatable bonds is 6. The van der Waals surface area contributed by atoms with Crippen molar-refractivity contribution in [3.05, 3.63) is 15.6 Å². The van der Waals surface area contributed by atoms with E-state index in [4.69, 9.17) is 5.11 Å². The number of carboxylic acids is 1. The Kier molecular flexibility index (Phi) is 6.01. The average molecular weight is 316 g/mol. The van der Waals surface area contributed by atoms with Crippen LogP contribution >= 0.6 is 23.1 Å². The number of carboxylic acid groups (broad SMARTS) is 1. The second-order valence-electron chi connectivity index (χ2n) is 5.39. The molecule has 0 fully saturated rings. The third-order valence-corrected chi connectivity index (χ3v) is 4.93. The van der Waals surface area contributed by atoms with E-state index < -0.39 is 5.97 Å². The Morgan fingerprint density at radius 1 is 1.40 bits per heavy atom. The smallest absolute Gasteiger partial charge is 0.313 e. The number of nitrogens with zero attached hydrogens (tertiary/aromatic N) is 1. The number of aryl methyl sites for hydroxylation is 1. The first kappa shape index (κ1) is 17.0. The van der Waals surface area contributed by atoms with Gasteiger partial charge in [0.25, 0.3) is 5.91 Å². The summed E-state index contributed by atoms with van der Waals surface area (Å²) in [5, 5.41) is 12.2. The van der Waals surface area contributed by atoms with E-state index in [2.05, 4.69) is 31.1 Å². The number of carbonyl (C=O) groups excluding carboxylic acids is 1. The number of thioether (sulfide) groups is 1. The Hall–Kier alpha value is -1.08. The van der Waals surface area contributed by atoms with Gasteiger partial charge in [-0.15, -0.1) is 23.1 Å². The van der Waals surface area contributed by atoms with Crippen molar-refractivity contribution in [2.24, 2.45) is 0 Å². The van der Waals surface area contributed by atoms with E-state index in [1.165, 1.54) is 23.1 Å². The van der Waals surface area contributed by atoms with E-state index in [-0.39, 0.29) is 17.1 Å². The molecule has 5 nitrogen and oxygen atoms in total. The van der Waals surface area contributed by atoms with Crippen LogP contribution in [0.5, 0.6) is 0 Å². The van der Waals surface area contributed by atoms with Crippen molar-refractivity contribution in [2.45, 2.75) is 33.1 Å². The van der Waals surface area contributed by atoms with Crippen LogP contribution in [0.2, 0.25) is 0 Å². The second kappa shape index (κ2) is 7.08. The molecular formula is C13H20N2O3S2. The summed E-state index contributed by atoms with van der Waals surface area (Å²) >= 11 is 2.70. The maximum absolute atomic E-state index is 12.0. The molecule has 20 heavy (non-hydrogen) atoms. The van der Waals surface area contributed by atoms with Gasteiger partial charge in [0.15, 0.2) is 0 Å². The van der Waals surface area contributed by atoms with E-state index in [1.807, 2.05) is 6.92 Å². The highest BCUT2D eigenvalue weighted by Crippen LogP contribution is 2.29. The summed E-state index contributed by atoms with van der Waals surface area (Å²) in [6.07, 6.45) is 0. The van der Waals surface area contributed by atoms with Gasteiger partial charge in [0.2, 0.25) is 0 Å². The molecule has 0 aromatic carbocycles. The zero-order valence-corrected chi connectivity index (χ0v) is 13.8. The zero-order valence-electron chi connectivity index (χ0n) is 12.1. The molecule has 0 spiro atoms. The number of hydrogen-bond donors (Lipinski definition) is 2. The van der Waals surface area contributed by atoms with Gasteiger partial charge < -0.3 is 10.4 Å². The number of nitrogens with one attached hydrogen (secondary N) is 1. The van der Waals surface area contributed by atoms with E-state index in [0.717, 1.165) is 10.7 Å². The molecular weight excluding hydrogens is 296 g/mol. The largest absolute Gasteiger partial charge is 0.481 e. The molecule has 0 aliphatic heterocycles. The molecule has 1 rings (SSSR count). The Morgan fingerprint density at radius 3 is 2.55 bits per heavy atom. The Bertz CT molecular complexity index is 492. The van der Waals surface area contributed by atoms with Crippen LogP contribution in [0.3, 0.4) is 0 Å². The van der Waals surface area contributed by atoms with Crippen LogP contribution in [0.1, 0.15) is 41.1 Å². The van der Waals surface area contributed by atoms with E-state index in [9.17, 15) is 9.59 Å². The summed E-state index contributed by atoms with van der Waals surface area (Å²) in [7, 11) is 0. The molecule has 0 saturated carbocycles. The number of aliphatic carboxylic acids is 1. The number of carbonyl (C=O) groups is 2. The fourth-order valence-electron chi connectivity index (χ4n) is 1.40. The zero-order chi connectivity index (χ0) is 15.3.